The standard InChI is InChI=1S/C17H17N5O/c1-2-21(12-14-6-4-3-5-7-14)17(23)15-8-9-16(20-19-15)22-11-10-18-13-22/h3-11,13H,2,12H2,1H3. The summed E-state index contributed by atoms with van der Waals surface area (Å²) in [5, 5.41) is 8.15. The fourth-order valence-electron chi connectivity index (χ4n) is 2.26. The van der Waals surface area contributed by atoms with E-state index in [1.807, 2.05) is 37.3 Å². The van der Waals surface area contributed by atoms with Gasteiger partial charge in [-0.2, -0.15) is 0 Å². The van der Waals surface area contributed by atoms with Crippen LogP contribution in [-0.2, 0) is 6.54 Å². The summed E-state index contributed by atoms with van der Waals surface area (Å²) in [6.45, 7) is 3.12. The first kappa shape index (κ1) is 14.9. The van der Waals surface area contributed by atoms with Crippen LogP contribution in [-0.4, -0.2) is 37.1 Å². The zero-order valence-corrected chi connectivity index (χ0v) is 12.8. The van der Waals surface area contributed by atoms with Crippen LogP contribution in [0.5, 0.6) is 0 Å². The van der Waals surface area contributed by atoms with E-state index in [-0.39, 0.29) is 5.91 Å². The van der Waals surface area contributed by atoms with E-state index in [0.717, 1.165) is 5.56 Å². The Morgan fingerprint density at radius 2 is 1.96 bits per heavy atom. The van der Waals surface area contributed by atoms with Crippen LogP contribution in [0.1, 0.15) is 23.0 Å². The van der Waals surface area contributed by atoms with E-state index in [0.29, 0.717) is 24.6 Å². The van der Waals surface area contributed by atoms with Gasteiger partial charge in [-0.05, 0) is 24.6 Å². The van der Waals surface area contributed by atoms with E-state index in [1.54, 1.807) is 40.3 Å². The van der Waals surface area contributed by atoms with Crippen molar-refractivity contribution in [1.29, 1.82) is 0 Å². The van der Waals surface area contributed by atoms with E-state index < -0.39 is 0 Å². The van der Waals surface area contributed by atoms with Crippen molar-refractivity contribution in [3.8, 4) is 5.82 Å². The number of hydrogen-bond donors (Lipinski definition) is 0. The Balaban J connectivity index is 1.75. The highest BCUT2D eigenvalue weighted by atomic mass is 16.2. The molecule has 0 bridgehead atoms. The van der Waals surface area contributed by atoms with Crippen LogP contribution in [0.15, 0.2) is 61.2 Å². The molecule has 0 unspecified atom stereocenters. The van der Waals surface area contributed by atoms with Crippen LogP contribution >= 0.6 is 0 Å². The predicted molar refractivity (Wildman–Crippen MR) is 86.0 cm³/mol. The number of nitrogens with zero attached hydrogens (tertiary/aromatic N) is 5. The number of benzene rings is 1. The van der Waals surface area contributed by atoms with Gasteiger partial charge in [-0.3, -0.25) is 9.36 Å². The molecule has 0 saturated heterocycles. The average Bonchev–Trinajstić information content (AvgIpc) is 3.15. The fourth-order valence-corrected chi connectivity index (χ4v) is 2.26. The average molecular weight is 307 g/mol. The molecule has 6 nitrogen and oxygen atoms in total. The predicted octanol–water partition coefficient (Wildman–Crippen LogP) is 2.32. The number of amides is 1. The molecule has 0 fully saturated rings. The normalized spacial score (nSPS) is 10.5. The van der Waals surface area contributed by atoms with E-state index in [1.165, 1.54) is 0 Å². The Morgan fingerprint density at radius 3 is 2.57 bits per heavy atom. The maximum atomic E-state index is 12.6. The third-order valence-corrected chi connectivity index (χ3v) is 3.52. The summed E-state index contributed by atoms with van der Waals surface area (Å²) in [6.07, 6.45) is 5.08. The first-order valence-corrected chi connectivity index (χ1v) is 7.43. The fraction of sp³-hybridized carbons (Fsp3) is 0.176. The molecule has 0 N–H and O–H groups in total. The second-order valence-electron chi connectivity index (χ2n) is 5.05. The highest BCUT2D eigenvalue weighted by Gasteiger charge is 2.16. The van der Waals surface area contributed by atoms with Crippen molar-refractivity contribution in [1.82, 2.24) is 24.6 Å². The first-order chi connectivity index (χ1) is 11.3. The molecule has 3 aromatic rings. The number of aromatic nitrogens is 4. The molecular weight excluding hydrogens is 290 g/mol. The highest BCUT2D eigenvalue weighted by Crippen LogP contribution is 2.09. The van der Waals surface area contributed by atoms with Crippen LogP contribution in [0.2, 0.25) is 0 Å². The van der Waals surface area contributed by atoms with Crippen LogP contribution in [0, 0.1) is 0 Å². The summed E-state index contributed by atoms with van der Waals surface area (Å²) in [4.78, 5) is 18.3. The van der Waals surface area contributed by atoms with Crippen LogP contribution < -0.4 is 0 Å². The molecule has 0 saturated carbocycles. The zero-order valence-electron chi connectivity index (χ0n) is 12.8. The number of hydrogen-bond acceptors (Lipinski definition) is 4. The SMILES string of the molecule is CCN(Cc1ccccc1)C(=O)c1ccc(-n2ccnc2)nn1. The van der Waals surface area contributed by atoms with E-state index in [9.17, 15) is 4.79 Å². The Kier molecular flexibility index (Phi) is 4.42. The molecule has 6 heteroatoms. The maximum Gasteiger partial charge on any atom is 0.274 e. The van der Waals surface area contributed by atoms with Gasteiger partial charge in [0.25, 0.3) is 5.91 Å². The van der Waals surface area contributed by atoms with Gasteiger partial charge in [0.05, 0.1) is 0 Å². The lowest BCUT2D eigenvalue weighted by atomic mass is 10.2. The van der Waals surface area contributed by atoms with Gasteiger partial charge >= 0.3 is 0 Å². The molecule has 0 radical (unpaired) electrons. The third kappa shape index (κ3) is 3.42. The molecule has 1 aromatic carbocycles. The lowest BCUT2D eigenvalue weighted by Crippen LogP contribution is -2.31. The minimum Gasteiger partial charge on any atom is -0.333 e. The number of rotatable bonds is 5. The molecule has 0 aliphatic rings. The molecule has 3 rings (SSSR count). The quantitative estimate of drug-likeness (QED) is 0.725. The van der Waals surface area contributed by atoms with Crippen LogP contribution in [0.3, 0.4) is 0 Å². The molecule has 23 heavy (non-hydrogen) atoms. The molecule has 1 amide bonds. The van der Waals surface area contributed by atoms with E-state index in [4.69, 9.17) is 0 Å². The molecule has 2 heterocycles. The molecule has 0 spiro atoms. The Labute approximate surface area is 134 Å². The Morgan fingerprint density at radius 1 is 1.13 bits per heavy atom. The number of imidazole rings is 1. The van der Waals surface area contributed by atoms with Gasteiger partial charge < -0.3 is 4.90 Å². The van der Waals surface area contributed by atoms with Crippen molar-refractivity contribution in [2.45, 2.75) is 13.5 Å². The second kappa shape index (κ2) is 6.83. The third-order valence-electron chi connectivity index (χ3n) is 3.52. The monoisotopic (exact) mass is 307 g/mol. The minimum atomic E-state index is -0.124. The lowest BCUT2D eigenvalue weighted by molar-refractivity contribution is 0.0745. The molecule has 0 atom stereocenters. The van der Waals surface area contributed by atoms with Crippen molar-refractivity contribution in [3.05, 3.63) is 72.4 Å². The van der Waals surface area contributed by atoms with Crippen LogP contribution in [0.25, 0.3) is 5.82 Å². The smallest absolute Gasteiger partial charge is 0.274 e. The summed E-state index contributed by atoms with van der Waals surface area (Å²) < 4.78 is 1.74. The van der Waals surface area contributed by atoms with Crippen LogP contribution in [0.4, 0.5) is 0 Å². The first-order valence-electron chi connectivity index (χ1n) is 7.43. The van der Waals surface area contributed by atoms with E-state index in [2.05, 4.69) is 15.2 Å². The lowest BCUT2D eigenvalue weighted by Gasteiger charge is -2.20. The molecule has 0 aliphatic carbocycles. The van der Waals surface area contributed by atoms with Gasteiger partial charge in [-0.1, -0.05) is 30.3 Å². The topological polar surface area (TPSA) is 63.9 Å². The van der Waals surface area contributed by atoms with Gasteiger partial charge in [0.15, 0.2) is 11.5 Å². The summed E-state index contributed by atoms with van der Waals surface area (Å²) >= 11 is 0. The van der Waals surface area contributed by atoms with Crippen molar-refractivity contribution < 1.29 is 4.79 Å². The summed E-state index contributed by atoms with van der Waals surface area (Å²) in [5.41, 5.74) is 1.43. The van der Waals surface area contributed by atoms with Crippen molar-refractivity contribution in [2.24, 2.45) is 0 Å². The summed E-state index contributed by atoms with van der Waals surface area (Å²) in [6, 6.07) is 13.4. The highest BCUT2D eigenvalue weighted by molar-refractivity contribution is 5.92. The molecule has 2 aromatic heterocycles. The molecule has 0 aliphatic heterocycles. The summed E-state index contributed by atoms with van der Waals surface area (Å²) in [7, 11) is 0. The van der Waals surface area contributed by atoms with Gasteiger partial charge in [-0.15, -0.1) is 10.2 Å². The van der Waals surface area contributed by atoms with Crippen molar-refractivity contribution in [3.63, 3.8) is 0 Å². The molecular formula is C17H17N5O. The largest absolute Gasteiger partial charge is 0.333 e. The van der Waals surface area contributed by atoms with Gasteiger partial charge in [0, 0.05) is 25.5 Å². The van der Waals surface area contributed by atoms with E-state index >= 15 is 0 Å². The zero-order chi connectivity index (χ0) is 16.1. The van der Waals surface area contributed by atoms with Gasteiger partial charge in [0.1, 0.15) is 6.33 Å². The Bertz CT molecular complexity index is 753. The minimum absolute atomic E-state index is 0.124. The van der Waals surface area contributed by atoms with Crippen molar-refractivity contribution in [2.75, 3.05) is 6.54 Å². The van der Waals surface area contributed by atoms with Gasteiger partial charge in [-0.25, -0.2) is 4.98 Å². The maximum absolute atomic E-state index is 12.6. The molecule has 116 valence electrons. The van der Waals surface area contributed by atoms with Crippen molar-refractivity contribution >= 4 is 5.91 Å². The summed E-state index contributed by atoms with van der Waals surface area (Å²) in [5.74, 6) is 0.506. The number of carbonyl (C=O) groups is 1. The van der Waals surface area contributed by atoms with Gasteiger partial charge in [0.2, 0.25) is 0 Å². The Hall–Kier alpha value is -3.02. The number of carbonyl (C=O) groups excluding carboxylic acids is 1. The second-order valence-corrected chi connectivity index (χ2v) is 5.05.